The van der Waals surface area contributed by atoms with E-state index in [2.05, 4.69) is 0 Å². The quantitative estimate of drug-likeness (QED) is 0.506. The number of nitrogens with two attached hydrogens (primary N) is 1. The van der Waals surface area contributed by atoms with Crippen LogP contribution in [-0.2, 0) is 24.5 Å². The summed E-state index contributed by atoms with van der Waals surface area (Å²) in [7, 11) is 0. The second kappa shape index (κ2) is 6.41. The topological polar surface area (TPSA) is 78.6 Å². The number of ether oxygens (including phenoxy) is 2. The van der Waals surface area contributed by atoms with Crippen molar-refractivity contribution in [1.29, 1.82) is 0 Å². The predicted molar refractivity (Wildman–Crippen MR) is 76.2 cm³/mol. The molecular weight excluding hydrogens is 258 g/mol. The molecular formula is C15H21NO4. The molecule has 110 valence electrons. The Balaban J connectivity index is 3.32. The molecule has 0 aromatic heterocycles. The maximum Gasteiger partial charge on any atom is 0.327 e. The molecule has 5 nitrogen and oxygen atoms in total. The Morgan fingerprint density at radius 3 is 2.05 bits per heavy atom. The van der Waals surface area contributed by atoms with Crippen LogP contribution in [0.3, 0.4) is 0 Å². The van der Waals surface area contributed by atoms with Crippen LogP contribution in [0.2, 0.25) is 0 Å². The van der Waals surface area contributed by atoms with Gasteiger partial charge in [0, 0.05) is 5.69 Å². The highest BCUT2D eigenvalue weighted by Gasteiger charge is 2.46. The zero-order chi connectivity index (χ0) is 15.3. The van der Waals surface area contributed by atoms with E-state index in [4.69, 9.17) is 15.2 Å². The first kappa shape index (κ1) is 16.0. The molecule has 0 aliphatic heterocycles. The summed E-state index contributed by atoms with van der Waals surface area (Å²) in [6, 6.07) is 5.03. The monoisotopic (exact) mass is 279 g/mol. The normalized spacial score (nSPS) is 11.0. The third kappa shape index (κ3) is 2.92. The van der Waals surface area contributed by atoms with E-state index in [9.17, 15) is 9.59 Å². The zero-order valence-electron chi connectivity index (χ0n) is 12.4. The van der Waals surface area contributed by atoms with Crippen LogP contribution in [0, 0.1) is 6.92 Å². The Bertz CT molecular complexity index is 493. The lowest BCUT2D eigenvalue weighted by atomic mass is 9.81. The summed E-state index contributed by atoms with van der Waals surface area (Å²) in [5.74, 6) is -1.25. The van der Waals surface area contributed by atoms with Gasteiger partial charge < -0.3 is 15.2 Å². The minimum absolute atomic E-state index is 0.196. The third-order valence-electron chi connectivity index (χ3n) is 3.21. The average Bonchev–Trinajstić information content (AvgIpc) is 2.41. The number of hydrogen-bond acceptors (Lipinski definition) is 5. The van der Waals surface area contributed by atoms with Crippen LogP contribution in [0.4, 0.5) is 5.69 Å². The van der Waals surface area contributed by atoms with E-state index in [0.29, 0.717) is 11.3 Å². The zero-order valence-corrected chi connectivity index (χ0v) is 12.4. The fourth-order valence-electron chi connectivity index (χ4n) is 1.86. The van der Waals surface area contributed by atoms with E-state index in [0.717, 1.165) is 5.56 Å². The van der Waals surface area contributed by atoms with Crippen molar-refractivity contribution in [3.63, 3.8) is 0 Å². The van der Waals surface area contributed by atoms with E-state index >= 15 is 0 Å². The first-order valence-corrected chi connectivity index (χ1v) is 6.58. The Kier molecular flexibility index (Phi) is 5.13. The largest absolute Gasteiger partial charge is 0.465 e. The molecule has 0 bridgehead atoms. The van der Waals surface area contributed by atoms with Gasteiger partial charge in [0.2, 0.25) is 0 Å². The van der Waals surface area contributed by atoms with Gasteiger partial charge in [0.25, 0.3) is 0 Å². The summed E-state index contributed by atoms with van der Waals surface area (Å²) < 4.78 is 10.1. The van der Waals surface area contributed by atoms with Gasteiger partial charge in [-0.25, -0.2) is 0 Å². The maximum atomic E-state index is 12.2. The van der Waals surface area contributed by atoms with Gasteiger partial charge in [0.15, 0.2) is 5.41 Å². The molecule has 1 aromatic carbocycles. The molecule has 1 aromatic rings. The van der Waals surface area contributed by atoms with Gasteiger partial charge in [-0.15, -0.1) is 0 Å². The van der Waals surface area contributed by atoms with E-state index in [-0.39, 0.29) is 13.2 Å². The summed E-state index contributed by atoms with van der Waals surface area (Å²) in [6.07, 6.45) is 0. The third-order valence-corrected chi connectivity index (χ3v) is 3.21. The molecule has 0 unspecified atom stereocenters. The van der Waals surface area contributed by atoms with Crippen molar-refractivity contribution in [1.82, 2.24) is 0 Å². The SMILES string of the molecule is CCOC(=O)C(C)(C(=O)OCC)c1ccc(N)c(C)c1. The number of carbonyl (C=O) groups excluding carboxylic acids is 2. The molecule has 5 heteroatoms. The summed E-state index contributed by atoms with van der Waals surface area (Å²) in [4.78, 5) is 24.4. The lowest BCUT2D eigenvalue weighted by Gasteiger charge is -2.26. The van der Waals surface area contributed by atoms with Crippen LogP contribution >= 0.6 is 0 Å². The standard InChI is InChI=1S/C15H21NO4/c1-5-19-13(17)15(4,14(18)20-6-2)11-7-8-12(16)10(3)9-11/h7-9H,5-6,16H2,1-4H3. The smallest absolute Gasteiger partial charge is 0.327 e. The van der Waals surface area contributed by atoms with Gasteiger partial charge in [0.05, 0.1) is 13.2 Å². The summed E-state index contributed by atoms with van der Waals surface area (Å²) in [5, 5.41) is 0. The van der Waals surface area contributed by atoms with E-state index < -0.39 is 17.4 Å². The first-order chi connectivity index (χ1) is 9.37. The van der Waals surface area contributed by atoms with E-state index in [1.807, 2.05) is 6.92 Å². The molecule has 0 aliphatic rings. The van der Waals surface area contributed by atoms with Crippen LogP contribution in [-0.4, -0.2) is 25.2 Å². The van der Waals surface area contributed by atoms with Crippen LogP contribution in [0.1, 0.15) is 31.9 Å². The number of aryl methyl sites for hydroxylation is 1. The number of rotatable bonds is 5. The minimum Gasteiger partial charge on any atom is -0.465 e. The van der Waals surface area contributed by atoms with E-state index in [1.165, 1.54) is 6.92 Å². The summed E-state index contributed by atoms with van der Waals surface area (Å²) >= 11 is 0. The molecule has 20 heavy (non-hydrogen) atoms. The van der Waals surface area contributed by atoms with E-state index in [1.54, 1.807) is 32.0 Å². The second-order valence-electron chi connectivity index (χ2n) is 4.64. The molecule has 0 aliphatic carbocycles. The van der Waals surface area contributed by atoms with Gasteiger partial charge in [-0.3, -0.25) is 9.59 Å². The summed E-state index contributed by atoms with van der Waals surface area (Å²) in [5.41, 5.74) is 6.20. The summed E-state index contributed by atoms with van der Waals surface area (Å²) in [6.45, 7) is 7.10. The highest BCUT2D eigenvalue weighted by Crippen LogP contribution is 2.29. The number of benzene rings is 1. The molecule has 0 spiro atoms. The number of nitrogen functional groups attached to an aromatic ring is 1. The fourth-order valence-corrected chi connectivity index (χ4v) is 1.86. The molecule has 0 amide bonds. The lowest BCUT2D eigenvalue weighted by molar-refractivity contribution is -0.163. The van der Waals surface area contributed by atoms with Crippen molar-refractivity contribution in [2.75, 3.05) is 18.9 Å². The van der Waals surface area contributed by atoms with Crippen molar-refractivity contribution < 1.29 is 19.1 Å². The molecule has 0 radical (unpaired) electrons. The molecule has 0 saturated heterocycles. The molecule has 0 fully saturated rings. The molecule has 2 N–H and O–H groups in total. The van der Waals surface area contributed by atoms with Gasteiger partial charge >= 0.3 is 11.9 Å². The van der Waals surface area contributed by atoms with Crippen molar-refractivity contribution >= 4 is 17.6 Å². The Hall–Kier alpha value is -2.04. The molecule has 0 saturated carbocycles. The first-order valence-electron chi connectivity index (χ1n) is 6.58. The molecule has 0 atom stereocenters. The van der Waals surface area contributed by atoms with Crippen LogP contribution < -0.4 is 5.73 Å². The van der Waals surface area contributed by atoms with Crippen molar-refractivity contribution in [3.05, 3.63) is 29.3 Å². The second-order valence-corrected chi connectivity index (χ2v) is 4.64. The molecule has 0 heterocycles. The van der Waals surface area contributed by atoms with Crippen molar-refractivity contribution in [2.45, 2.75) is 33.1 Å². The number of hydrogen-bond donors (Lipinski definition) is 1. The highest BCUT2D eigenvalue weighted by atomic mass is 16.6. The van der Waals surface area contributed by atoms with Crippen molar-refractivity contribution in [2.24, 2.45) is 0 Å². The molecule has 1 rings (SSSR count). The van der Waals surface area contributed by atoms with Crippen LogP contribution in [0.15, 0.2) is 18.2 Å². The lowest BCUT2D eigenvalue weighted by Crippen LogP contribution is -2.43. The number of anilines is 1. The number of carbonyl (C=O) groups is 2. The van der Waals surface area contributed by atoms with Crippen LogP contribution in [0.25, 0.3) is 0 Å². The van der Waals surface area contributed by atoms with Gasteiger partial charge in [-0.05, 0) is 44.9 Å². The van der Waals surface area contributed by atoms with Crippen molar-refractivity contribution in [3.8, 4) is 0 Å². The Labute approximate surface area is 119 Å². The maximum absolute atomic E-state index is 12.2. The Morgan fingerprint density at radius 2 is 1.65 bits per heavy atom. The average molecular weight is 279 g/mol. The Morgan fingerprint density at radius 1 is 1.15 bits per heavy atom. The number of esters is 2. The fraction of sp³-hybridized carbons (Fsp3) is 0.467. The minimum atomic E-state index is -1.48. The van der Waals surface area contributed by atoms with Gasteiger partial charge in [-0.2, -0.15) is 0 Å². The van der Waals surface area contributed by atoms with Gasteiger partial charge in [0.1, 0.15) is 0 Å². The van der Waals surface area contributed by atoms with Crippen LogP contribution in [0.5, 0.6) is 0 Å². The highest BCUT2D eigenvalue weighted by molar-refractivity contribution is 6.06. The van der Waals surface area contributed by atoms with Gasteiger partial charge in [-0.1, -0.05) is 12.1 Å². The predicted octanol–water partition coefficient (Wildman–Crippen LogP) is 1.96.